The van der Waals surface area contributed by atoms with E-state index >= 15 is 0 Å². The number of amides is 1. The molecule has 1 N–H and O–H groups in total. The van der Waals surface area contributed by atoms with Crippen LogP contribution in [0, 0.1) is 17.8 Å². The van der Waals surface area contributed by atoms with Gasteiger partial charge in [0.15, 0.2) is 0 Å². The second-order valence-electron chi connectivity index (χ2n) is 5.54. The third kappa shape index (κ3) is 2.84. The summed E-state index contributed by atoms with van der Waals surface area (Å²) >= 11 is 11.9. The monoisotopic (exact) mass is 310 g/mol. The normalized spacial score (nSPS) is 28.2. The van der Waals surface area contributed by atoms with Crippen molar-refractivity contribution in [2.45, 2.75) is 25.7 Å². The Morgan fingerprint density at radius 1 is 1.25 bits per heavy atom. The number of carbonyl (C=O) groups is 1. The molecule has 1 aromatic rings. The Morgan fingerprint density at radius 3 is 2.60 bits per heavy atom. The van der Waals surface area contributed by atoms with Crippen molar-refractivity contribution >= 4 is 35.3 Å². The Bertz CT molecular complexity index is 547. The summed E-state index contributed by atoms with van der Waals surface area (Å²) in [4.78, 5) is 12.0. The first-order valence-corrected chi connectivity index (χ1v) is 7.70. The van der Waals surface area contributed by atoms with Crippen molar-refractivity contribution in [3.05, 3.63) is 33.8 Å². The van der Waals surface area contributed by atoms with E-state index in [1.165, 1.54) is 25.7 Å². The molecule has 3 nitrogen and oxygen atoms in total. The van der Waals surface area contributed by atoms with E-state index < -0.39 is 0 Å². The van der Waals surface area contributed by atoms with Crippen molar-refractivity contribution in [2.75, 3.05) is 0 Å². The van der Waals surface area contributed by atoms with Crippen LogP contribution >= 0.6 is 23.2 Å². The maximum Gasteiger partial charge on any atom is 0.243 e. The van der Waals surface area contributed by atoms with Gasteiger partial charge in [0, 0.05) is 16.5 Å². The van der Waals surface area contributed by atoms with Crippen LogP contribution in [0.1, 0.15) is 31.2 Å². The van der Waals surface area contributed by atoms with Crippen molar-refractivity contribution in [2.24, 2.45) is 22.9 Å². The third-order valence-corrected chi connectivity index (χ3v) is 4.86. The molecule has 106 valence electrons. The number of nitrogens with one attached hydrogen (secondary N) is 1. The summed E-state index contributed by atoms with van der Waals surface area (Å²) in [5.74, 6) is 1.41. The molecule has 2 saturated carbocycles. The molecule has 2 unspecified atom stereocenters. The van der Waals surface area contributed by atoms with Gasteiger partial charge in [-0.05, 0) is 36.8 Å². The van der Waals surface area contributed by atoms with Crippen LogP contribution in [0.25, 0.3) is 0 Å². The van der Waals surface area contributed by atoms with Gasteiger partial charge in [0.2, 0.25) is 5.91 Å². The number of benzene rings is 1. The highest BCUT2D eigenvalue weighted by atomic mass is 35.5. The van der Waals surface area contributed by atoms with Crippen LogP contribution in [0.15, 0.2) is 23.3 Å². The zero-order chi connectivity index (χ0) is 14.1. The van der Waals surface area contributed by atoms with Gasteiger partial charge >= 0.3 is 0 Å². The first-order chi connectivity index (χ1) is 9.66. The van der Waals surface area contributed by atoms with Crippen molar-refractivity contribution < 1.29 is 4.79 Å². The minimum Gasteiger partial charge on any atom is -0.273 e. The van der Waals surface area contributed by atoms with Gasteiger partial charge in [-0.1, -0.05) is 42.1 Å². The SMILES string of the molecule is O=C(N/N=C\c1ccc(Cl)cc1Cl)C1C2CCCCC21. The summed E-state index contributed by atoms with van der Waals surface area (Å²) in [7, 11) is 0. The average molecular weight is 311 g/mol. The summed E-state index contributed by atoms with van der Waals surface area (Å²) in [5.41, 5.74) is 3.37. The average Bonchev–Trinajstić information content (AvgIpc) is 3.15. The molecular weight excluding hydrogens is 295 g/mol. The Hall–Kier alpha value is -1.06. The van der Waals surface area contributed by atoms with E-state index in [0.717, 1.165) is 5.56 Å². The van der Waals surface area contributed by atoms with Gasteiger partial charge in [0.25, 0.3) is 0 Å². The predicted molar refractivity (Wildman–Crippen MR) is 81.1 cm³/mol. The quantitative estimate of drug-likeness (QED) is 0.668. The second kappa shape index (κ2) is 5.74. The van der Waals surface area contributed by atoms with Gasteiger partial charge in [-0.3, -0.25) is 4.79 Å². The van der Waals surface area contributed by atoms with Crippen LogP contribution in [-0.4, -0.2) is 12.1 Å². The fourth-order valence-electron chi connectivity index (χ4n) is 3.23. The van der Waals surface area contributed by atoms with Crippen LogP contribution in [0.3, 0.4) is 0 Å². The highest BCUT2D eigenvalue weighted by molar-refractivity contribution is 6.36. The first kappa shape index (κ1) is 13.9. The number of rotatable bonds is 3. The molecule has 0 spiro atoms. The molecule has 2 fully saturated rings. The highest BCUT2D eigenvalue weighted by Crippen LogP contribution is 2.55. The summed E-state index contributed by atoms with van der Waals surface area (Å²) < 4.78 is 0. The number of hydrogen-bond acceptors (Lipinski definition) is 2. The molecule has 0 bridgehead atoms. The molecule has 2 atom stereocenters. The molecule has 2 aliphatic rings. The number of halogens is 2. The molecule has 0 aromatic heterocycles. The van der Waals surface area contributed by atoms with Crippen LogP contribution in [0.5, 0.6) is 0 Å². The van der Waals surface area contributed by atoms with Crippen molar-refractivity contribution in [3.8, 4) is 0 Å². The fourth-order valence-corrected chi connectivity index (χ4v) is 3.68. The van der Waals surface area contributed by atoms with E-state index in [-0.39, 0.29) is 11.8 Å². The van der Waals surface area contributed by atoms with Crippen LogP contribution in [0.2, 0.25) is 10.0 Å². The molecule has 5 heteroatoms. The van der Waals surface area contributed by atoms with Gasteiger partial charge in [-0.25, -0.2) is 5.43 Å². The van der Waals surface area contributed by atoms with E-state index in [1.54, 1.807) is 24.4 Å². The molecule has 1 amide bonds. The highest BCUT2D eigenvalue weighted by Gasteiger charge is 2.54. The Morgan fingerprint density at radius 2 is 1.95 bits per heavy atom. The van der Waals surface area contributed by atoms with Gasteiger partial charge in [0.05, 0.1) is 11.2 Å². The lowest BCUT2D eigenvalue weighted by Gasteiger charge is -2.04. The Balaban J connectivity index is 1.56. The molecule has 20 heavy (non-hydrogen) atoms. The summed E-state index contributed by atoms with van der Waals surface area (Å²) in [6, 6.07) is 5.17. The second-order valence-corrected chi connectivity index (χ2v) is 6.38. The summed E-state index contributed by atoms with van der Waals surface area (Å²) in [6.07, 6.45) is 6.46. The standard InChI is InChI=1S/C15H16Cl2N2O/c16-10-6-5-9(13(17)7-10)8-18-19-15(20)14-11-3-1-2-4-12(11)14/h5-8,11-12,14H,1-4H2,(H,19,20)/b18-8-. The minimum absolute atomic E-state index is 0.0447. The number of fused-ring (bicyclic) bond motifs is 1. The third-order valence-electron chi connectivity index (χ3n) is 4.30. The zero-order valence-corrected chi connectivity index (χ0v) is 12.5. The fraction of sp³-hybridized carbons (Fsp3) is 0.467. The van der Waals surface area contributed by atoms with E-state index in [4.69, 9.17) is 23.2 Å². The smallest absolute Gasteiger partial charge is 0.243 e. The van der Waals surface area contributed by atoms with Gasteiger partial charge in [-0.2, -0.15) is 5.10 Å². The molecule has 0 aliphatic heterocycles. The van der Waals surface area contributed by atoms with Crippen LogP contribution in [0.4, 0.5) is 0 Å². The van der Waals surface area contributed by atoms with Crippen LogP contribution in [-0.2, 0) is 4.79 Å². The molecular formula is C15H16Cl2N2O. The molecule has 3 rings (SSSR count). The lowest BCUT2D eigenvalue weighted by molar-refractivity contribution is -0.122. The van der Waals surface area contributed by atoms with Crippen molar-refractivity contribution in [1.82, 2.24) is 5.43 Å². The minimum atomic E-state index is 0.0447. The van der Waals surface area contributed by atoms with Gasteiger partial charge in [-0.15, -0.1) is 0 Å². The maximum absolute atomic E-state index is 12.0. The van der Waals surface area contributed by atoms with E-state index in [2.05, 4.69) is 10.5 Å². The summed E-state index contributed by atoms with van der Waals surface area (Å²) in [6.45, 7) is 0. The molecule has 0 saturated heterocycles. The number of nitrogens with zero attached hydrogens (tertiary/aromatic N) is 1. The molecule has 0 radical (unpaired) electrons. The Labute approximate surface area is 128 Å². The lowest BCUT2D eigenvalue weighted by Crippen LogP contribution is -2.20. The molecule has 1 aromatic carbocycles. The number of carbonyl (C=O) groups excluding carboxylic acids is 1. The van der Waals surface area contributed by atoms with E-state index in [9.17, 15) is 4.79 Å². The molecule has 2 aliphatic carbocycles. The van der Waals surface area contributed by atoms with E-state index in [0.29, 0.717) is 21.9 Å². The van der Waals surface area contributed by atoms with Crippen LogP contribution < -0.4 is 5.43 Å². The predicted octanol–water partition coefficient (Wildman–Crippen LogP) is 3.88. The van der Waals surface area contributed by atoms with Gasteiger partial charge in [0.1, 0.15) is 0 Å². The van der Waals surface area contributed by atoms with Crippen molar-refractivity contribution in [3.63, 3.8) is 0 Å². The topological polar surface area (TPSA) is 41.5 Å². The largest absolute Gasteiger partial charge is 0.273 e. The van der Waals surface area contributed by atoms with Crippen molar-refractivity contribution in [1.29, 1.82) is 0 Å². The lowest BCUT2D eigenvalue weighted by atomic mass is 10.0. The molecule has 0 heterocycles. The first-order valence-electron chi connectivity index (χ1n) is 6.95. The van der Waals surface area contributed by atoms with Gasteiger partial charge < -0.3 is 0 Å². The Kier molecular flexibility index (Phi) is 3.99. The zero-order valence-electron chi connectivity index (χ0n) is 11.0. The number of hydrazone groups is 1. The van der Waals surface area contributed by atoms with E-state index in [1.807, 2.05) is 0 Å². The maximum atomic E-state index is 12.0. The number of hydrogen-bond donors (Lipinski definition) is 1. The summed E-state index contributed by atoms with van der Waals surface area (Å²) in [5, 5.41) is 5.10.